The summed E-state index contributed by atoms with van der Waals surface area (Å²) in [5.74, 6) is 0.469. The Morgan fingerprint density at radius 3 is 2.94 bits per heavy atom. The molecule has 90 valence electrons. The highest BCUT2D eigenvalue weighted by Crippen LogP contribution is 2.21. The Morgan fingerprint density at radius 2 is 2.11 bits per heavy atom. The van der Waals surface area contributed by atoms with Crippen molar-refractivity contribution in [1.82, 2.24) is 14.5 Å². The summed E-state index contributed by atoms with van der Waals surface area (Å²) in [6, 6.07) is 12.0. The molecule has 4 heteroatoms. The number of rotatable bonds is 2. The Hall–Kier alpha value is -2.36. The fourth-order valence-corrected chi connectivity index (χ4v) is 2.10. The van der Waals surface area contributed by atoms with Crippen LogP contribution in [0.4, 0.5) is 5.95 Å². The first-order chi connectivity index (χ1) is 8.79. The topological polar surface area (TPSA) is 56.7 Å². The average Bonchev–Trinajstić information content (AvgIpc) is 2.74. The van der Waals surface area contributed by atoms with Gasteiger partial charge in [-0.15, -0.1) is 0 Å². The predicted molar refractivity (Wildman–Crippen MR) is 72.7 cm³/mol. The summed E-state index contributed by atoms with van der Waals surface area (Å²) in [7, 11) is 0. The third kappa shape index (κ3) is 1.62. The zero-order valence-electron chi connectivity index (χ0n) is 10.2. The van der Waals surface area contributed by atoms with Crippen LogP contribution in [-0.2, 0) is 6.42 Å². The Kier molecular flexibility index (Phi) is 2.48. The molecule has 0 saturated heterocycles. The zero-order chi connectivity index (χ0) is 12.5. The number of nitrogens with two attached hydrogens (primary N) is 1. The number of fused-ring (bicyclic) bond motifs is 1. The average molecular weight is 238 g/mol. The number of nitrogens with zero attached hydrogens (tertiary/aromatic N) is 3. The third-order valence-electron chi connectivity index (χ3n) is 3.02. The molecule has 3 rings (SSSR count). The van der Waals surface area contributed by atoms with Gasteiger partial charge in [0.15, 0.2) is 5.65 Å². The van der Waals surface area contributed by atoms with Crippen LogP contribution in [0.1, 0.15) is 12.5 Å². The number of hydrogen-bond acceptors (Lipinski definition) is 3. The SMILES string of the molecule is CCc1cccc(-n2c(N)nc3cccnc32)c1. The molecule has 0 amide bonds. The summed E-state index contributed by atoms with van der Waals surface area (Å²) >= 11 is 0. The van der Waals surface area contributed by atoms with Crippen molar-refractivity contribution >= 4 is 17.1 Å². The number of hydrogen-bond donors (Lipinski definition) is 1. The lowest BCUT2D eigenvalue weighted by Crippen LogP contribution is -2.01. The van der Waals surface area contributed by atoms with Gasteiger partial charge in [-0.25, -0.2) is 9.97 Å². The number of aromatic nitrogens is 3. The summed E-state index contributed by atoms with van der Waals surface area (Å²) < 4.78 is 1.88. The highest BCUT2D eigenvalue weighted by Gasteiger charge is 2.10. The van der Waals surface area contributed by atoms with E-state index in [2.05, 4.69) is 29.0 Å². The largest absolute Gasteiger partial charge is 0.369 e. The molecule has 0 spiro atoms. The normalized spacial score (nSPS) is 10.9. The summed E-state index contributed by atoms with van der Waals surface area (Å²) in [4.78, 5) is 8.68. The van der Waals surface area contributed by atoms with Crippen molar-refractivity contribution in [2.45, 2.75) is 13.3 Å². The maximum atomic E-state index is 5.99. The molecule has 0 aliphatic heterocycles. The van der Waals surface area contributed by atoms with Crippen molar-refractivity contribution in [3.8, 4) is 5.69 Å². The van der Waals surface area contributed by atoms with Crippen molar-refractivity contribution in [2.75, 3.05) is 5.73 Å². The second-order valence-corrected chi connectivity index (χ2v) is 4.18. The molecule has 2 aromatic heterocycles. The molecule has 0 fully saturated rings. The van der Waals surface area contributed by atoms with Gasteiger partial charge in [-0.05, 0) is 36.2 Å². The van der Waals surface area contributed by atoms with E-state index in [4.69, 9.17) is 5.73 Å². The summed E-state index contributed by atoms with van der Waals surface area (Å²) in [5.41, 5.74) is 9.88. The molecule has 0 radical (unpaired) electrons. The molecule has 0 aliphatic carbocycles. The molecule has 1 aromatic carbocycles. The van der Waals surface area contributed by atoms with Gasteiger partial charge >= 0.3 is 0 Å². The van der Waals surface area contributed by atoms with E-state index in [1.54, 1.807) is 6.20 Å². The van der Waals surface area contributed by atoms with Gasteiger partial charge in [-0.2, -0.15) is 0 Å². The minimum absolute atomic E-state index is 0.469. The van der Waals surface area contributed by atoms with Crippen LogP contribution in [0.25, 0.3) is 16.9 Å². The van der Waals surface area contributed by atoms with Crippen LogP contribution in [0.2, 0.25) is 0 Å². The van der Waals surface area contributed by atoms with E-state index in [9.17, 15) is 0 Å². The van der Waals surface area contributed by atoms with Crippen LogP contribution in [-0.4, -0.2) is 14.5 Å². The lowest BCUT2D eigenvalue weighted by Gasteiger charge is -2.07. The number of pyridine rings is 1. The van der Waals surface area contributed by atoms with Gasteiger partial charge in [0.2, 0.25) is 5.95 Å². The number of benzene rings is 1. The van der Waals surface area contributed by atoms with E-state index in [0.717, 1.165) is 23.3 Å². The van der Waals surface area contributed by atoms with E-state index >= 15 is 0 Å². The Morgan fingerprint density at radius 1 is 1.22 bits per heavy atom. The molecule has 0 aliphatic rings. The van der Waals surface area contributed by atoms with Crippen molar-refractivity contribution in [3.05, 3.63) is 48.2 Å². The molecular formula is C14H14N4. The fourth-order valence-electron chi connectivity index (χ4n) is 2.10. The van der Waals surface area contributed by atoms with Crippen molar-refractivity contribution < 1.29 is 0 Å². The van der Waals surface area contributed by atoms with Gasteiger partial charge in [0.25, 0.3) is 0 Å². The molecule has 2 N–H and O–H groups in total. The molecule has 2 heterocycles. The second kappa shape index (κ2) is 4.14. The van der Waals surface area contributed by atoms with Crippen LogP contribution >= 0.6 is 0 Å². The zero-order valence-corrected chi connectivity index (χ0v) is 10.2. The summed E-state index contributed by atoms with van der Waals surface area (Å²) in [6.07, 6.45) is 2.75. The van der Waals surface area contributed by atoms with E-state index in [1.165, 1.54) is 5.56 Å². The smallest absolute Gasteiger partial charge is 0.207 e. The van der Waals surface area contributed by atoms with E-state index < -0.39 is 0 Å². The molecular weight excluding hydrogens is 224 g/mol. The first-order valence-electron chi connectivity index (χ1n) is 5.98. The van der Waals surface area contributed by atoms with Crippen molar-refractivity contribution in [2.24, 2.45) is 0 Å². The first-order valence-corrected chi connectivity index (χ1v) is 5.98. The molecule has 0 saturated carbocycles. The lowest BCUT2D eigenvalue weighted by atomic mass is 10.1. The molecule has 18 heavy (non-hydrogen) atoms. The number of anilines is 1. The second-order valence-electron chi connectivity index (χ2n) is 4.18. The van der Waals surface area contributed by atoms with Gasteiger partial charge in [0, 0.05) is 6.20 Å². The van der Waals surface area contributed by atoms with Crippen molar-refractivity contribution in [1.29, 1.82) is 0 Å². The van der Waals surface area contributed by atoms with Crippen LogP contribution < -0.4 is 5.73 Å². The molecule has 0 bridgehead atoms. The van der Waals surface area contributed by atoms with Crippen LogP contribution in [0.5, 0.6) is 0 Å². The maximum Gasteiger partial charge on any atom is 0.207 e. The Bertz CT molecular complexity index is 700. The summed E-state index contributed by atoms with van der Waals surface area (Å²) in [6.45, 7) is 2.13. The van der Waals surface area contributed by atoms with E-state index in [1.807, 2.05) is 28.8 Å². The Labute approximate surface area is 105 Å². The molecule has 0 atom stereocenters. The highest BCUT2D eigenvalue weighted by atomic mass is 15.2. The minimum Gasteiger partial charge on any atom is -0.369 e. The fraction of sp³-hybridized carbons (Fsp3) is 0.143. The van der Waals surface area contributed by atoms with Gasteiger partial charge < -0.3 is 5.73 Å². The van der Waals surface area contributed by atoms with Crippen LogP contribution in [0, 0.1) is 0 Å². The third-order valence-corrected chi connectivity index (χ3v) is 3.02. The van der Waals surface area contributed by atoms with Gasteiger partial charge in [0.1, 0.15) is 5.52 Å². The number of nitrogen functional groups attached to an aromatic ring is 1. The minimum atomic E-state index is 0.469. The lowest BCUT2D eigenvalue weighted by molar-refractivity contribution is 1.06. The van der Waals surface area contributed by atoms with Gasteiger partial charge in [0.05, 0.1) is 5.69 Å². The van der Waals surface area contributed by atoms with Crippen LogP contribution in [0.15, 0.2) is 42.6 Å². The van der Waals surface area contributed by atoms with E-state index in [0.29, 0.717) is 5.95 Å². The maximum absolute atomic E-state index is 5.99. The molecule has 4 nitrogen and oxygen atoms in total. The number of aryl methyl sites for hydroxylation is 1. The monoisotopic (exact) mass is 238 g/mol. The van der Waals surface area contributed by atoms with E-state index in [-0.39, 0.29) is 0 Å². The standard InChI is InChI=1S/C14H14N4/c1-2-10-5-3-6-11(9-10)18-13-12(17-14(18)15)7-4-8-16-13/h3-9H,2H2,1H3,(H2,15,17). The molecule has 0 unspecified atom stereocenters. The quantitative estimate of drug-likeness (QED) is 0.746. The highest BCUT2D eigenvalue weighted by molar-refractivity contribution is 5.76. The van der Waals surface area contributed by atoms with Gasteiger partial charge in [-0.1, -0.05) is 19.1 Å². The predicted octanol–water partition coefficient (Wildman–Crippen LogP) is 2.57. The van der Waals surface area contributed by atoms with Crippen molar-refractivity contribution in [3.63, 3.8) is 0 Å². The number of imidazole rings is 1. The Balaban J connectivity index is 2.27. The first kappa shape index (κ1) is 10.8. The molecule has 3 aromatic rings. The summed E-state index contributed by atoms with van der Waals surface area (Å²) in [5, 5.41) is 0. The van der Waals surface area contributed by atoms with Crippen LogP contribution in [0.3, 0.4) is 0 Å². The van der Waals surface area contributed by atoms with Gasteiger partial charge in [-0.3, -0.25) is 4.57 Å².